The van der Waals surface area contributed by atoms with E-state index in [9.17, 15) is 4.79 Å². The molecule has 5 aromatic rings. The number of rotatable bonds is 6. The second-order valence-electron chi connectivity index (χ2n) is 7.13. The SMILES string of the molecule is CCOc1ccccc1C(=O)Nc1cc(C)nn1-c1nc(-c2cc3ccccc3o2)cs1. The molecular weight excluding hydrogens is 424 g/mol. The number of thiazole rings is 1. The minimum atomic E-state index is -0.274. The first-order valence-electron chi connectivity index (χ1n) is 10.2. The number of anilines is 1. The second-order valence-corrected chi connectivity index (χ2v) is 7.97. The van der Waals surface area contributed by atoms with Crippen LogP contribution in [0.25, 0.3) is 27.6 Å². The van der Waals surface area contributed by atoms with E-state index in [0.29, 0.717) is 40.3 Å². The number of carbonyl (C=O) groups is 1. The van der Waals surface area contributed by atoms with Crippen LogP contribution in [0, 0.1) is 6.92 Å². The largest absolute Gasteiger partial charge is 0.493 e. The maximum absolute atomic E-state index is 13.0. The zero-order valence-electron chi connectivity index (χ0n) is 17.5. The fourth-order valence-corrected chi connectivity index (χ4v) is 4.21. The van der Waals surface area contributed by atoms with Crippen molar-refractivity contribution in [2.75, 3.05) is 11.9 Å². The number of furan rings is 1. The fraction of sp³-hybridized carbons (Fsp3) is 0.125. The number of hydrogen-bond donors (Lipinski definition) is 1. The molecule has 0 aliphatic carbocycles. The summed E-state index contributed by atoms with van der Waals surface area (Å²) in [4.78, 5) is 17.7. The summed E-state index contributed by atoms with van der Waals surface area (Å²) >= 11 is 1.42. The fourth-order valence-electron chi connectivity index (χ4n) is 3.44. The van der Waals surface area contributed by atoms with Crippen molar-refractivity contribution in [2.45, 2.75) is 13.8 Å². The van der Waals surface area contributed by atoms with Gasteiger partial charge >= 0.3 is 0 Å². The summed E-state index contributed by atoms with van der Waals surface area (Å²) in [5.41, 5.74) is 2.75. The van der Waals surface area contributed by atoms with Crippen LogP contribution in [0.15, 0.2) is 70.5 Å². The molecule has 0 fully saturated rings. The van der Waals surface area contributed by atoms with Crippen LogP contribution in [0.5, 0.6) is 5.75 Å². The number of carbonyl (C=O) groups excluding carboxylic acids is 1. The Balaban J connectivity index is 1.45. The number of ether oxygens (including phenoxy) is 1. The summed E-state index contributed by atoms with van der Waals surface area (Å²) < 4.78 is 13.1. The summed E-state index contributed by atoms with van der Waals surface area (Å²) in [5, 5.41) is 11.0. The number of benzene rings is 2. The van der Waals surface area contributed by atoms with Gasteiger partial charge in [-0.2, -0.15) is 9.78 Å². The van der Waals surface area contributed by atoms with Crippen molar-refractivity contribution in [3.8, 4) is 22.3 Å². The van der Waals surface area contributed by atoms with Gasteiger partial charge in [-0.05, 0) is 38.1 Å². The summed E-state index contributed by atoms with van der Waals surface area (Å²) in [7, 11) is 0. The van der Waals surface area contributed by atoms with E-state index in [4.69, 9.17) is 14.1 Å². The number of para-hydroxylation sites is 2. The zero-order chi connectivity index (χ0) is 22.1. The van der Waals surface area contributed by atoms with Crippen molar-refractivity contribution in [1.29, 1.82) is 0 Å². The smallest absolute Gasteiger partial charge is 0.260 e. The van der Waals surface area contributed by atoms with E-state index in [2.05, 4.69) is 10.4 Å². The predicted octanol–water partition coefficient (Wildman–Crippen LogP) is 5.70. The van der Waals surface area contributed by atoms with E-state index < -0.39 is 0 Å². The second kappa shape index (κ2) is 8.32. The molecule has 0 aliphatic heterocycles. The topological polar surface area (TPSA) is 82.2 Å². The molecule has 0 radical (unpaired) electrons. The third kappa shape index (κ3) is 3.76. The molecule has 0 spiro atoms. The van der Waals surface area contributed by atoms with Gasteiger partial charge in [0.2, 0.25) is 5.13 Å². The Bertz CT molecular complexity index is 1380. The first-order valence-corrected chi connectivity index (χ1v) is 11.0. The molecule has 0 unspecified atom stereocenters. The maximum Gasteiger partial charge on any atom is 0.260 e. The molecular formula is C24H20N4O3S. The number of nitrogens with one attached hydrogen (secondary N) is 1. The van der Waals surface area contributed by atoms with Gasteiger partial charge in [0.25, 0.3) is 5.91 Å². The molecule has 5 rings (SSSR count). The molecule has 1 N–H and O–H groups in total. The lowest BCUT2D eigenvalue weighted by molar-refractivity contribution is 0.102. The van der Waals surface area contributed by atoms with E-state index in [0.717, 1.165) is 16.7 Å². The van der Waals surface area contributed by atoms with Crippen LogP contribution in [0.3, 0.4) is 0 Å². The molecule has 7 nitrogen and oxygen atoms in total. The Morgan fingerprint density at radius 1 is 1.16 bits per heavy atom. The molecule has 3 aromatic heterocycles. The highest BCUT2D eigenvalue weighted by molar-refractivity contribution is 7.12. The van der Waals surface area contributed by atoms with Gasteiger partial charge in [-0.1, -0.05) is 30.3 Å². The van der Waals surface area contributed by atoms with E-state index in [-0.39, 0.29) is 5.91 Å². The van der Waals surface area contributed by atoms with Crippen molar-refractivity contribution < 1.29 is 13.9 Å². The number of fused-ring (bicyclic) bond motifs is 1. The van der Waals surface area contributed by atoms with Crippen LogP contribution in [0.1, 0.15) is 23.0 Å². The van der Waals surface area contributed by atoms with E-state index in [1.807, 2.05) is 61.7 Å². The van der Waals surface area contributed by atoms with Gasteiger partial charge in [-0.15, -0.1) is 11.3 Å². The van der Waals surface area contributed by atoms with E-state index in [1.54, 1.807) is 22.9 Å². The zero-order valence-corrected chi connectivity index (χ0v) is 18.3. The lowest BCUT2D eigenvalue weighted by Gasteiger charge is -2.10. The Morgan fingerprint density at radius 2 is 1.97 bits per heavy atom. The average molecular weight is 445 g/mol. The summed E-state index contributed by atoms with van der Waals surface area (Å²) in [6, 6.07) is 18.8. The van der Waals surface area contributed by atoms with Crippen molar-refractivity contribution in [1.82, 2.24) is 14.8 Å². The van der Waals surface area contributed by atoms with Crippen LogP contribution < -0.4 is 10.1 Å². The molecule has 8 heteroatoms. The number of amides is 1. The number of aromatic nitrogens is 3. The quantitative estimate of drug-likeness (QED) is 0.363. The van der Waals surface area contributed by atoms with Gasteiger partial charge < -0.3 is 14.5 Å². The van der Waals surface area contributed by atoms with Crippen LogP contribution in [0.2, 0.25) is 0 Å². The van der Waals surface area contributed by atoms with Crippen LogP contribution in [-0.4, -0.2) is 27.3 Å². The van der Waals surface area contributed by atoms with Crippen LogP contribution in [0.4, 0.5) is 5.82 Å². The molecule has 0 aliphatic rings. The molecule has 160 valence electrons. The van der Waals surface area contributed by atoms with Gasteiger partial charge in [-0.25, -0.2) is 4.98 Å². The normalized spacial score (nSPS) is 11.1. The predicted molar refractivity (Wildman–Crippen MR) is 125 cm³/mol. The van der Waals surface area contributed by atoms with Crippen LogP contribution >= 0.6 is 11.3 Å². The standard InChI is InChI=1S/C24H20N4O3S/c1-3-30-20-11-7-5-9-17(20)23(29)26-22-12-15(2)27-28(22)24-25-18(14-32-24)21-13-16-8-4-6-10-19(16)31-21/h4-14H,3H2,1-2H3,(H,26,29). The molecule has 1 amide bonds. The monoisotopic (exact) mass is 444 g/mol. The molecule has 0 bridgehead atoms. The molecule has 3 heterocycles. The van der Waals surface area contributed by atoms with Crippen molar-refractivity contribution in [3.05, 3.63) is 77.3 Å². The summed E-state index contributed by atoms with van der Waals surface area (Å²) in [6.45, 7) is 4.23. The van der Waals surface area contributed by atoms with Gasteiger partial charge in [0.15, 0.2) is 5.76 Å². The number of aryl methyl sites for hydroxylation is 1. The Morgan fingerprint density at radius 3 is 2.81 bits per heavy atom. The van der Waals surface area contributed by atoms with Crippen molar-refractivity contribution in [3.63, 3.8) is 0 Å². The number of hydrogen-bond acceptors (Lipinski definition) is 6. The Labute approximate surface area is 188 Å². The summed E-state index contributed by atoms with van der Waals surface area (Å²) in [5.74, 6) is 1.49. The molecule has 2 aromatic carbocycles. The molecule has 0 saturated carbocycles. The average Bonchev–Trinajstić information content (AvgIpc) is 3.52. The molecule has 0 saturated heterocycles. The lowest BCUT2D eigenvalue weighted by atomic mass is 10.2. The minimum Gasteiger partial charge on any atom is -0.493 e. The first kappa shape index (κ1) is 20.0. The number of nitrogens with zero attached hydrogens (tertiary/aromatic N) is 3. The van der Waals surface area contributed by atoms with Gasteiger partial charge in [-0.3, -0.25) is 4.79 Å². The van der Waals surface area contributed by atoms with Gasteiger partial charge in [0, 0.05) is 16.8 Å². The van der Waals surface area contributed by atoms with Gasteiger partial charge in [0.1, 0.15) is 22.8 Å². The maximum atomic E-state index is 13.0. The highest BCUT2D eigenvalue weighted by atomic mass is 32.1. The lowest BCUT2D eigenvalue weighted by Crippen LogP contribution is -2.16. The van der Waals surface area contributed by atoms with E-state index >= 15 is 0 Å². The summed E-state index contributed by atoms with van der Waals surface area (Å²) in [6.07, 6.45) is 0. The Kier molecular flexibility index (Phi) is 5.20. The molecule has 0 atom stereocenters. The Hall–Kier alpha value is -3.91. The third-order valence-electron chi connectivity index (χ3n) is 4.86. The molecule has 32 heavy (non-hydrogen) atoms. The van der Waals surface area contributed by atoms with Crippen molar-refractivity contribution >= 4 is 34.0 Å². The first-order chi connectivity index (χ1) is 15.6. The highest BCUT2D eigenvalue weighted by Gasteiger charge is 2.18. The van der Waals surface area contributed by atoms with Gasteiger partial charge in [0.05, 0.1) is 17.9 Å². The van der Waals surface area contributed by atoms with Crippen LogP contribution in [-0.2, 0) is 0 Å². The van der Waals surface area contributed by atoms with Crippen molar-refractivity contribution in [2.24, 2.45) is 0 Å². The van der Waals surface area contributed by atoms with E-state index in [1.165, 1.54) is 11.3 Å². The highest BCUT2D eigenvalue weighted by Crippen LogP contribution is 2.31. The third-order valence-corrected chi connectivity index (χ3v) is 5.67. The minimum absolute atomic E-state index is 0.274.